The van der Waals surface area contributed by atoms with Gasteiger partial charge in [-0.2, -0.15) is 4.98 Å². The quantitative estimate of drug-likeness (QED) is 0.610. The van der Waals surface area contributed by atoms with E-state index in [2.05, 4.69) is 51.6 Å². The van der Waals surface area contributed by atoms with Gasteiger partial charge in [0.2, 0.25) is 0 Å². The zero-order valence-corrected chi connectivity index (χ0v) is 17.1. The SMILES string of the molecule is CCCC(Cc1ccccc1)Oc1nc(N)c2ncc(CC3CCNCC3)n2n1. The number of hydrogen-bond acceptors (Lipinski definition) is 6. The van der Waals surface area contributed by atoms with E-state index in [9.17, 15) is 0 Å². The summed E-state index contributed by atoms with van der Waals surface area (Å²) in [7, 11) is 0. The van der Waals surface area contributed by atoms with Gasteiger partial charge in [-0.3, -0.25) is 0 Å². The second-order valence-corrected chi connectivity index (χ2v) is 7.88. The number of fused-ring (bicyclic) bond motifs is 1. The fourth-order valence-corrected chi connectivity index (χ4v) is 4.05. The van der Waals surface area contributed by atoms with Gasteiger partial charge in [-0.1, -0.05) is 43.7 Å². The molecule has 0 bridgehead atoms. The number of imidazole rings is 1. The molecule has 1 saturated heterocycles. The van der Waals surface area contributed by atoms with Crippen LogP contribution in [0.25, 0.3) is 5.65 Å². The lowest BCUT2D eigenvalue weighted by molar-refractivity contribution is 0.171. The van der Waals surface area contributed by atoms with Crippen LogP contribution in [-0.4, -0.2) is 38.8 Å². The lowest BCUT2D eigenvalue weighted by atomic mass is 9.93. The first-order chi connectivity index (χ1) is 14.2. The Bertz CT molecular complexity index is 920. The van der Waals surface area contributed by atoms with E-state index >= 15 is 0 Å². The lowest BCUT2D eigenvalue weighted by Crippen LogP contribution is -2.29. The summed E-state index contributed by atoms with van der Waals surface area (Å²) in [6, 6.07) is 10.7. The molecule has 29 heavy (non-hydrogen) atoms. The molecule has 0 spiro atoms. The monoisotopic (exact) mass is 394 g/mol. The molecule has 7 heteroatoms. The zero-order chi connectivity index (χ0) is 20.1. The van der Waals surface area contributed by atoms with E-state index in [1.807, 2.05) is 16.8 Å². The Balaban J connectivity index is 1.54. The first-order valence-corrected chi connectivity index (χ1v) is 10.6. The summed E-state index contributed by atoms with van der Waals surface area (Å²) >= 11 is 0. The van der Waals surface area contributed by atoms with Crippen LogP contribution in [0, 0.1) is 5.92 Å². The van der Waals surface area contributed by atoms with E-state index in [4.69, 9.17) is 10.5 Å². The minimum absolute atomic E-state index is 0.00985. The lowest BCUT2D eigenvalue weighted by Gasteiger charge is -2.22. The molecule has 1 aliphatic rings. The molecule has 1 aliphatic heterocycles. The molecule has 3 heterocycles. The number of hydrogen-bond donors (Lipinski definition) is 2. The number of aromatic nitrogens is 4. The number of anilines is 1. The third-order valence-electron chi connectivity index (χ3n) is 5.58. The highest BCUT2D eigenvalue weighted by Gasteiger charge is 2.19. The van der Waals surface area contributed by atoms with Gasteiger partial charge in [-0.15, -0.1) is 5.10 Å². The number of benzene rings is 1. The summed E-state index contributed by atoms with van der Waals surface area (Å²) in [6.45, 7) is 4.31. The number of nitrogens with one attached hydrogen (secondary N) is 1. The van der Waals surface area contributed by atoms with Gasteiger partial charge >= 0.3 is 6.01 Å². The van der Waals surface area contributed by atoms with Crippen molar-refractivity contribution in [3.8, 4) is 6.01 Å². The maximum atomic E-state index is 6.20. The van der Waals surface area contributed by atoms with Crippen LogP contribution >= 0.6 is 0 Å². The maximum absolute atomic E-state index is 6.20. The van der Waals surface area contributed by atoms with Crippen LogP contribution in [0.15, 0.2) is 36.5 Å². The Hall–Kier alpha value is -2.67. The molecule has 3 aromatic rings. The van der Waals surface area contributed by atoms with Crippen molar-refractivity contribution in [1.82, 2.24) is 24.9 Å². The summed E-state index contributed by atoms with van der Waals surface area (Å²) in [5.74, 6) is 1.00. The fraction of sp³-hybridized carbons (Fsp3) is 0.500. The van der Waals surface area contributed by atoms with Crippen molar-refractivity contribution in [2.24, 2.45) is 5.92 Å². The molecular weight excluding hydrogens is 364 g/mol. The normalized spacial score (nSPS) is 16.2. The molecule has 0 amide bonds. The summed E-state index contributed by atoms with van der Waals surface area (Å²) in [4.78, 5) is 8.83. The second kappa shape index (κ2) is 9.22. The Morgan fingerprint density at radius 2 is 2.03 bits per heavy atom. The van der Waals surface area contributed by atoms with E-state index in [0.29, 0.717) is 23.4 Å². The fourth-order valence-electron chi connectivity index (χ4n) is 4.05. The van der Waals surface area contributed by atoms with E-state index < -0.39 is 0 Å². The van der Waals surface area contributed by atoms with Crippen molar-refractivity contribution in [3.05, 3.63) is 47.8 Å². The largest absolute Gasteiger partial charge is 0.459 e. The average Bonchev–Trinajstić information content (AvgIpc) is 3.13. The van der Waals surface area contributed by atoms with E-state index in [-0.39, 0.29) is 6.10 Å². The molecule has 1 aromatic carbocycles. The van der Waals surface area contributed by atoms with Gasteiger partial charge in [0.15, 0.2) is 11.5 Å². The minimum atomic E-state index is 0.00985. The Morgan fingerprint density at radius 1 is 1.24 bits per heavy atom. The van der Waals surface area contributed by atoms with Crippen LogP contribution in [0.2, 0.25) is 0 Å². The highest BCUT2D eigenvalue weighted by atomic mass is 16.5. The van der Waals surface area contributed by atoms with Gasteiger partial charge in [0.25, 0.3) is 0 Å². The predicted molar refractivity (Wildman–Crippen MR) is 114 cm³/mol. The molecule has 4 rings (SSSR count). The summed E-state index contributed by atoms with van der Waals surface area (Å²) in [6.07, 6.45) is 7.96. The van der Waals surface area contributed by atoms with E-state index in [1.165, 1.54) is 18.4 Å². The number of nitrogens with two attached hydrogens (primary N) is 1. The van der Waals surface area contributed by atoms with E-state index in [1.54, 1.807) is 0 Å². The standard InChI is InChI=1S/C22H30N6O/c1-2-6-19(14-16-7-4-3-5-8-16)29-22-26-20(23)21-25-15-18(28(21)27-22)13-17-9-11-24-12-10-17/h3-5,7-8,15,17,19,24H,2,6,9-14H2,1H3,(H2,23,26,27). The van der Waals surface area contributed by atoms with Crippen molar-refractivity contribution >= 4 is 11.5 Å². The molecule has 1 unspecified atom stereocenters. The number of piperidine rings is 1. The second-order valence-electron chi connectivity index (χ2n) is 7.88. The van der Waals surface area contributed by atoms with Crippen LogP contribution in [-0.2, 0) is 12.8 Å². The maximum Gasteiger partial charge on any atom is 0.336 e. The van der Waals surface area contributed by atoms with E-state index in [0.717, 1.165) is 44.5 Å². The minimum Gasteiger partial charge on any atom is -0.459 e. The molecular formula is C22H30N6O. The topological polar surface area (TPSA) is 90.4 Å². The molecule has 2 aromatic heterocycles. The number of nitrogens with zero attached hydrogens (tertiary/aromatic N) is 4. The molecule has 7 nitrogen and oxygen atoms in total. The molecule has 0 radical (unpaired) electrons. The highest BCUT2D eigenvalue weighted by molar-refractivity contribution is 5.59. The van der Waals surface area contributed by atoms with Crippen LogP contribution in [0.1, 0.15) is 43.9 Å². The summed E-state index contributed by atoms with van der Waals surface area (Å²) in [5.41, 5.74) is 9.10. The molecule has 154 valence electrons. The van der Waals surface area contributed by atoms with Crippen LogP contribution in [0.5, 0.6) is 6.01 Å². The van der Waals surface area contributed by atoms with Gasteiger partial charge in [0.1, 0.15) is 6.10 Å². The molecule has 0 aliphatic carbocycles. The first kappa shape index (κ1) is 19.6. The number of nitrogen functional groups attached to an aromatic ring is 1. The smallest absolute Gasteiger partial charge is 0.336 e. The number of rotatable bonds is 8. The van der Waals surface area contributed by atoms with Crippen molar-refractivity contribution in [1.29, 1.82) is 0 Å². The van der Waals surface area contributed by atoms with Crippen molar-refractivity contribution in [3.63, 3.8) is 0 Å². The molecule has 3 N–H and O–H groups in total. The zero-order valence-electron chi connectivity index (χ0n) is 17.1. The first-order valence-electron chi connectivity index (χ1n) is 10.6. The van der Waals surface area contributed by atoms with Crippen molar-refractivity contribution in [2.45, 2.75) is 51.6 Å². The summed E-state index contributed by atoms with van der Waals surface area (Å²) in [5, 5.41) is 8.07. The molecule has 1 atom stereocenters. The van der Waals surface area contributed by atoms with Gasteiger partial charge in [-0.05, 0) is 50.3 Å². The van der Waals surface area contributed by atoms with Crippen LogP contribution in [0.4, 0.5) is 5.82 Å². The Kier molecular flexibility index (Phi) is 6.24. The molecule has 0 saturated carbocycles. The predicted octanol–water partition coefficient (Wildman–Crippen LogP) is 3.04. The van der Waals surface area contributed by atoms with Crippen LogP contribution in [0.3, 0.4) is 0 Å². The van der Waals surface area contributed by atoms with Gasteiger partial charge in [0.05, 0.1) is 11.9 Å². The third-order valence-corrected chi connectivity index (χ3v) is 5.58. The van der Waals surface area contributed by atoms with Gasteiger partial charge < -0.3 is 15.8 Å². The third kappa shape index (κ3) is 4.85. The van der Waals surface area contributed by atoms with Gasteiger partial charge in [0, 0.05) is 6.42 Å². The van der Waals surface area contributed by atoms with Crippen molar-refractivity contribution in [2.75, 3.05) is 18.8 Å². The Labute approximate surface area is 171 Å². The Morgan fingerprint density at radius 3 is 2.79 bits per heavy atom. The number of ether oxygens (including phenoxy) is 1. The van der Waals surface area contributed by atoms with Gasteiger partial charge in [-0.25, -0.2) is 9.50 Å². The van der Waals surface area contributed by atoms with Crippen LogP contribution < -0.4 is 15.8 Å². The average molecular weight is 395 g/mol. The van der Waals surface area contributed by atoms with Crippen molar-refractivity contribution < 1.29 is 4.74 Å². The molecule has 1 fully saturated rings. The summed E-state index contributed by atoms with van der Waals surface area (Å²) < 4.78 is 8.03. The highest BCUT2D eigenvalue weighted by Crippen LogP contribution is 2.22.